The number of allylic oxidation sites excluding steroid dienone is 3. The lowest BCUT2D eigenvalue weighted by molar-refractivity contribution is 0.622. The second-order valence-corrected chi connectivity index (χ2v) is 11.4. The fraction of sp³-hybridized carbons (Fsp3) is 0.733. The molecule has 0 aliphatic rings. The molecule has 0 nitrogen and oxygen atoms in total. The van der Waals surface area contributed by atoms with Crippen LogP contribution in [0.4, 0.5) is 0 Å². The van der Waals surface area contributed by atoms with E-state index in [1.54, 1.807) is 0 Å². The van der Waals surface area contributed by atoms with Gasteiger partial charge in [-0.3, -0.25) is 0 Å². The SMILES string of the molecule is C=CCCCCCCC/C=C\C[Si](C)(C)C. The highest BCUT2D eigenvalue weighted by Crippen LogP contribution is 2.11. The minimum atomic E-state index is -0.844. The van der Waals surface area contributed by atoms with Crippen molar-refractivity contribution in [1.29, 1.82) is 0 Å². The summed E-state index contributed by atoms with van der Waals surface area (Å²) in [5.41, 5.74) is 0. The molecule has 0 aromatic carbocycles. The smallest absolute Gasteiger partial charge is 0.0480 e. The standard InChI is InChI=1S/C15H30Si/c1-5-6-7-8-9-10-11-12-13-14-15-16(2,3)4/h5,13-14H,1,6-12,15H2,2-4H3/b14-13-. The van der Waals surface area contributed by atoms with Gasteiger partial charge in [-0.05, 0) is 31.7 Å². The van der Waals surface area contributed by atoms with Crippen molar-refractivity contribution >= 4 is 8.07 Å². The van der Waals surface area contributed by atoms with Gasteiger partial charge in [-0.1, -0.05) is 57.1 Å². The molecule has 0 aromatic rings. The predicted octanol–water partition coefficient (Wildman–Crippen LogP) is 5.80. The Hall–Kier alpha value is -0.303. The Morgan fingerprint density at radius 3 is 1.94 bits per heavy atom. The van der Waals surface area contributed by atoms with Gasteiger partial charge in [0.1, 0.15) is 0 Å². The monoisotopic (exact) mass is 238 g/mol. The van der Waals surface area contributed by atoms with Gasteiger partial charge in [-0.15, -0.1) is 6.58 Å². The van der Waals surface area contributed by atoms with Crippen LogP contribution in [0.15, 0.2) is 24.8 Å². The topological polar surface area (TPSA) is 0 Å². The first kappa shape index (κ1) is 15.7. The Labute approximate surface area is 104 Å². The highest BCUT2D eigenvalue weighted by Gasteiger charge is 2.08. The molecule has 0 saturated carbocycles. The van der Waals surface area contributed by atoms with Gasteiger partial charge < -0.3 is 0 Å². The average molecular weight is 238 g/mol. The van der Waals surface area contributed by atoms with Gasteiger partial charge in [0, 0.05) is 8.07 Å². The average Bonchev–Trinajstić information content (AvgIpc) is 2.19. The molecule has 0 aromatic heterocycles. The van der Waals surface area contributed by atoms with E-state index in [0.29, 0.717) is 0 Å². The van der Waals surface area contributed by atoms with Gasteiger partial charge >= 0.3 is 0 Å². The van der Waals surface area contributed by atoms with Crippen molar-refractivity contribution in [1.82, 2.24) is 0 Å². The lowest BCUT2D eigenvalue weighted by Gasteiger charge is -2.11. The van der Waals surface area contributed by atoms with Crippen molar-refractivity contribution < 1.29 is 0 Å². The van der Waals surface area contributed by atoms with Crippen LogP contribution in [-0.4, -0.2) is 8.07 Å². The third-order valence-electron chi connectivity index (χ3n) is 2.68. The largest absolute Gasteiger partial charge is 0.103 e. The number of hydrogen-bond acceptors (Lipinski definition) is 0. The van der Waals surface area contributed by atoms with E-state index in [1.165, 1.54) is 51.0 Å². The van der Waals surface area contributed by atoms with Crippen molar-refractivity contribution in [3.63, 3.8) is 0 Å². The summed E-state index contributed by atoms with van der Waals surface area (Å²) in [7, 11) is -0.844. The summed E-state index contributed by atoms with van der Waals surface area (Å²) in [6, 6.07) is 1.34. The number of unbranched alkanes of at least 4 members (excludes halogenated alkanes) is 6. The second-order valence-electron chi connectivity index (χ2n) is 5.87. The highest BCUT2D eigenvalue weighted by molar-refractivity contribution is 6.76. The third kappa shape index (κ3) is 13.7. The summed E-state index contributed by atoms with van der Waals surface area (Å²) in [5, 5.41) is 0. The van der Waals surface area contributed by atoms with Crippen LogP contribution in [0.5, 0.6) is 0 Å². The molecule has 0 amide bonds. The molecule has 0 atom stereocenters. The van der Waals surface area contributed by atoms with Crippen molar-refractivity contribution in [2.45, 2.75) is 70.6 Å². The van der Waals surface area contributed by atoms with Crippen LogP contribution >= 0.6 is 0 Å². The van der Waals surface area contributed by atoms with E-state index in [9.17, 15) is 0 Å². The summed E-state index contributed by atoms with van der Waals surface area (Å²) in [6.07, 6.45) is 16.2. The molecule has 0 heterocycles. The maximum atomic E-state index is 3.74. The van der Waals surface area contributed by atoms with Crippen LogP contribution in [0.3, 0.4) is 0 Å². The van der Waals surface area contributed by atoms with Crippen LogP contribution in [0.25, 0.3) is 0 Å². The van der Waals surface area contributed by atoms with Crippen LogP contribution in [0.1, 0.15) is 44.9 Å². The molecular weight excluding hydrogens is 208 g/mol. The highest BCUT2D eigenvalue weighted by atomic mass is 28.3. The van der Waals surface area contributed by atoms with E-state index in [4.69, 9.17) is 0 Å². The van der Waals surface area contributed by atoms with E-state index >= 15 is 0 Å². The first-order valence-electron chi connectivity index (χ1n) is 6.82. The molecule has 0 fully saturated rings. The van der Waals surface area contributed by atoms with E-state index in [1.807, 2.05) is 6.08 Å². The molecule has 94 valence electrons. The fourth-order valence-electron chi connectivity index (χ4n) is 1.64. The summed E-state index contributed by atoms with van der Waals surface area (Å²) < 4.78 is 0. The molecular formula is C15H30Si. The molecule has 0 radical (unpaired) electrons. The zero-order valence-electron chi connectivity index (χ0n) is 11.6. The van der Waals surface area contributed by atoms with Gasteiger partial charge in [0.05, 0.1) is 0 Å². The zero-order chi connectivity index (χ0) is 12.3. The van der Waals surface area contributed by atoms with E-state index in [-0.39, 0.29) is 0 Å². The molecule has 0 bridgehead atoms. The van der Waals surface area contributed by atoms with Crippen LogP contribution in [0.2, 0.25) is 25.7 Å². The zero-order valence-corrected chi connectivity index (χ0v) is 12.6. The molecule has 0 N–H and O–H groups in total. The van der Waals surface area contributed by atoms with Gasteiger partial charge in [-0.25, -0.2) is 0 Å². The van der Waals surface area contributed by atoms with Gasteiger partial charge in [0.25, 0.3) is 0 Å². The number of hydrogen-bond donors (Lipinski definition) is 0. The first-order valence-corrected chi connectivity index (χ1v) is 10.5. The molecule has 0 aliphatic carbocycles. The number of rotatable bonds is 10. The summed E-state index contributed by atoms with van der Waals surface area (Å²) in [4.78, 5) is 0. The second kappa shape index (κ2) is 9.89. The maximum absolute atomic E-state index is 3.74. The van der Waals surface area contributed by atoms with Gasteiger partial charge in [-0.2, -0.15) is 0 Å². The molecule has 0 saturated heterocycles. The first-order chi connectivity index (χ1) is 7.56. The Kier molecular flexibility index (Phi) is 9.70. The third-order valence-corrected chi connectivity index (χ3v) is 4.14. The Morgan fingerprint density at radius 2 is 1.38 bits per heavy atom. The van der Waals surface area contributed by atoms with Crippen molar-refractivity contribution in [2.75, 3.05) is 0 Å². The van der Waals surface area contributed by atoms with E-state index in [0.717, 1.165) is 0 Å². The summed E-state index contributed by atoms with van der Waals surface area (Å²) in [5.74, 6) is 0. The Balaban J connectivity index is 3.17. The predicted molar refractivity (Wildman–Crippen MR) is 79.8 cm³/mol. The summed E-state index contributed by atoms with van der Waals surface area (Å²) in [6.45, 7) is 11.0. The molecule has 1 heteroatoms. The molecule has 0 aliphatic heterocycles. The molecule has 16 heavy (non-hydrogen) atoms. The maximum Gasteiger partial charge on any atom is 0.0480 e. The lowest BCUT2D eigenvalue weighted by atomic mass is 10.1. The Morgan fingerprint density at radius 1 is 0.812 bits per heavy atom. The van der Waals surface area contributed by atoms with Crippen molar-refractivity contribution in [3.05, 3.63) is 24.8 Å². The summed E-state index contributed by atoms with van der Waals surface area (Å²) >= 11 is 0. The van der Waals surface area contributed by atoms with Crippen LogP contribution < -0.4 is 0 Å². The molecule has 0 spiro atoms. The van der Waals surface area contributed by atoms with Crippen LogP contribution in [-0.2, 0) is 0 Å². The fourth-order valence-corrected chi connectivity index (χ4v) is 2.51. The molecule has 0 rings (SSSR count). The van der Waals surface area contributed by atoms with Crippen LogP contribution in [0, 0.1) is 0 Å². The Bertz CT molecular complexity index is 186. The van der Waals surface area contributed by atoms with Gasteiger partial charge in [0.15, 0.2) is 0 Å². The van der Waals surface area contributed by atoms with Crippen molar-refractivity contribution in [2.24, 2.45) is 0 Å². The minimum absolute atomic E-state index is 0.844. The minimum Gasteiger partial charge on any atom is -0.103 e. The van der Waals surface area contributed by atoms with E-state index < -0.39 is 8.07 Å². The van der Waals surface area contributed by atoms with Gasteiger partial charge in [0.2, 0.25) is 0 Å². The quantitative estimate of drug-likeness (QED) is 0.256. The lowest BCUT2D eigenvalue weighted by Crippen LogP contribution is -2.17. The normalized spacial score (nSPS) is 12.2. The molecule has 0 unspecified atom stereocenters. The van der Waals surface area contributed by atoms with Crippen molar-refractivity contribution in [3.8, 4) is 0 Å². The van der Waals surface area contributed by atoms with E-state index in [2.05, 4.69) is 38.4 Å².